The molecule has 29 heavy (non-hydrogen) atoms. The number of esters is 2. The fourth-order valence-corrected chi connectivity index (χ4v) is 3.37. The van der Waals surface area contributed by atoms with E-state index < -0.39 is 42.1 Å². The van der Waals surface area contributed by atoms with Gasteiger partial charge in [0.2, 0.25) is 0 Å². The Morgan fingerprint density at radius 1 is 1.17 bits per heavy atom. The van der Waals surface area contributed by atoms with Crippen molar-refractivity contribution in [3.05, 3.63) is 44.0 Å². The summed E-state index contributed by atoms with van der Waals surface area (Å²) in [7, 11) is -2.78. The molecule has 0 radical (unpaired) electrons. The maximum absolute atomic E-state index is 12.2. The topological polar surface area (TPSA) is 182 Å². The minimum absolute atomic E-state index is 0.0325. The number of nitro benzene ring substituents is 1. The van der Waals surface area contributed by atoms with Crippen molar-refractivity contribution < 1.29 is 42.3 Å². The average Bonchev–Trinajstić information content (AvgIpc) is 2.61. The molecular weight excluding hydrogens is 436 g/mol. The molecule has 0 aromatic heterocycles. The van der Waals surface area contributed by atoms with Crippen LogP contribution in [0, 0.1) is 20.2 Å². The van der Waals surface area contributed by atoms with E-state index in [0.29, 0.717) is 10.8 Å². The van der Waals surface area contributed by atoms with E-state index in [4.69, 9.17) is 9.47 Å². The summed E-state index contributed by atoms with van der Waals surface area (Å²) in [5.74, 6) is -2.28. The van der Waals surface area contributed by atoms with Crippen LogP contribution in [-0.4, -0.2) is 55.6 Å². The molecule has 0 aliphatic carbocycles. The maximum atomic E-state index is 12.2. The smallest absolute Gasteiger partial charge is 0.342 e. The van der Waals surface area contributed by atoms with E-state index >= 15 is 0 Å². The number of nitrogens with zero attached hydrogens (tertiary/aromatic N) is 2. The molecule has 13 nitrogen and oxygen atoms in total. The van der Waals surface area contributed by atoms with Gasteiger partial charge in [0.1, 0.15) is 17.9 Å². The van der Waals surface area contributed by atoms with E-state index in [1.807, 2.05) is 0 Å². The van der Waals surface area contributed by atoms with Gasteiger partial charge in [-0.1, -0.05) is 0 Å². The molecule has 160 valence electrons. The first kappa shape index (κ1) is 24.1. The van der Waals surface area contributed by atoms with Gasteiger partial charge in [-0.2, -0.15) is 0 Å². The number of carbonyl (C=O) groups is 2. The zero-order chi connectivity index (χ0) is 22.0. The Morgan fingerprint density at radius 2 is 1.86 bits per heavy atom. The van der Waals surface area contributed by atoms with Crippen molar-refractivity contribution in [1.82, 2.24) is 0 Å². The molecule has 0 fully saturated rings. The van der Waals surface area contributed by atoms with Crippen LogP contribution in [0.3, 0.4) is 0 Å². The van der Waals surface area contributed by atoms with Gasteiger partial charge < -0.3 is 14.3 Å². The minimum atomic E-state index is -3.33. The van der Waals surface area contributed by atoms with Gasteiger partial charge in [0, 0.05) is 30.6 Å². The van der Waals surface area contributed by atoms with Crippen LogP contribution < -0.4 is 4.74 Å². The van der Waals surface area contributed by atoms with Crippen LogP contribution in [-0.2, 0) is 23.2 Å². The lowest BCUT2D eigenvalue weighted by atomic mass is 10.1. The molecule has 0 aliphatic heterocycles. The summed E-state index contributed by atoms with van der Waals surface area (Å²) in [5.41, 5.74) is -0.861. The molecule has 0 amide bonds. The van der Waals surface area contributed by atoms with Crippen molar-refractivity contribution in [2.75, 3.05) is 25.2 Å². The van der Waals surface area contributed by atoms with Crippen molar-refractivity contribution in [2.45, 2.75) is 12.8 Å². The summed E-state index contributed by atoms with van der Waals surface area (Å²) < 4.78 is 31.9. The van der Waals surface area contributed by atoms with Gasteiger partial charge in [0.25, 0.3) is 10.8 Å². The van der Waals surface area contributed by atoms with Crippen LogP contribution in [0.1, 0.15) is 23.2 Å². The van der Waals surface area contributed by atoms with E-state index in [1.54, 1.807) is 0 Å². The van der Waals surface area contributed by atoms with Crippen LogP contribution in [0.25, 0.3) is 0 Å². The monoisotopic (exact) mass is 452 g/mol. The van der Waals surface area contributed by atoms with Gasteiger partial charge in [0.05, 0.1) is 11.5 Å². The van der Waals surface area contributed by atoms with Crippen LogP contribution in [0.2, 0.25) is 0 Å². The van der Waals surface area contributed by atoms with Crippen molar-refractivity contribution in [2.24, 2.45) is 0 Å². The molecule has 0 bridgehead atoms. The third-order valence-electron chi connectivity index (χ3n) is 2.95. The lowest BCUT2D eigenvalue weighted by molar-refractivity contribution is -0.757. The summed E-state index contributed by atoms with van der Waals surface area (Å²) in [6, 6.07) is 2.89. The average molecular weight is 452 g/mol. The van der Waals surface area contributed by atoms with E-state index in [2.05, 4.69) is 4.84 Å². The van der Waals surface area contributed by atoms with Gasteiger partial charge in [-0.3, -0.25) is 14.9 Å². The number of hydrogen-bond donors (Lipinski definition) is 0. The fraction of sp³-hybridized carbons (Fsp3) is 0.429. The fourth-order valence-electron chi connectivity index (χ4n) is 1.81. The number of nitro groups is 1. The van der Waals surface area contributed by atoms with Gasteiger partial charge in [-0.05, 0) is 23.3 Å². The third-order valence-corrected chi connectivity index (χ3v) is 5.50. The Kier molecular flexibility index (Phi) is 9.27. The number of hydrogen-bond acceptors (Lipinski definition) is 12. The van der Waals surface area contributed by atoms with Gasteiger partial charge in [-0.15, -0.1) is 10.1 Å². The van der Waals surface area contributed by atoms with Crippen molar-refractivity contribution >= 4 is 37.3 Å². The first-order chi connectivity index (χ1) is 13.5. The van der Waals surface area contributed by atoms with E-state index in [9.17, 15) is 38.2 Å². The second-order valence-corrected chi connectivity index (χ2v) is 9.81. The molecule has 1 aromatic carbocycles. The Labute approximate surface area is 167 Å². The first-order valence-corrected chi connectivity index (χ1v) is 11.2. The highest BCUT2D eigenvalue weighted by atomic mass is 33.1. The second-order valence-electron chi connectivity index (χ2n) is 5.23. The molecule has 0 N–H and O–H groups in total. The zero-order valence-corrected chi connectivity index (χ0v) is 16.6. The molecule has 0 atom stereocenters. The van der Waals surface area contributed by atoms with E-state index in [-0.39, 0.29) is 37.6 Å². The van der Waals surface area contributed by atoms with Crippen LogP contribution >= 0.6 is 10.8 Å². The van der Waals surface area contributed by atoms with Crippen molar-refractivity contribution in [1.29, 1.82) is 0 Å². The van der Waals surface area contributed by atoms with Crippen molar-refractivity contribution in [3.8, 4) is 5.75 Å². The Hall–Kier alpha value is -2.94. The number of rotatable bonds is 12. The summed E-state index contributed by atoms with van der Waals surface area (Å²) in [5, 5.41) is 19.9. The largest absolute Gasteiger partial charge is 0.461 e. The Bertz CT molecular complexity index is 886. The highest BCUT2D eigenvalue weighted by Gasteiger charge is 2.21. The Morgan fingerprint density at radius 3 is 2.45 bits per heavy atom. The first-order valence-electron chi connectivity index (χ1n) is 7.77. The van der Waals surface area contributed by atoms with Crippen LogP contribution in [0.4, 0.5) is 5.69 Å². The number of carbonyl (C=O) groups excluding carboxylic acids is 2. The zero-order valence-electron chi connectivity index (χ0n) is 15.0. The van der Waals surface area contributed by atoms with Gasteiger partial charge >= 0.3 is 11.9 Å². The maximum Gasteiger partial charge on any atom is 0.342 e. The summed E-state index contributed by atoms with van der Waals surface area (Å²) in [4.78, 5) is 48.2. The summed E-state index contributed by atoms with van der Waals surface area (Å²) in [6.45, 7) is -0.639. The molecule has 0 saturated carbocycles. The lowest BCUT2D eigenvalue weighted by Gasteiger charge is -2.10. The molecular formula is C14H16N2O11S2. The highest BCUT2D eigenvalue weighted by Crippen LogP contribution is 2.26. The van der Waals surface area contributed by atoms with Crippen LogP contribution in [0.15, 0.2) is 18.2 Å². The number of non-ortho nitro benzene ring substituents is 1. The normalized spacial score (nSPS) is 10.8. The molecule has 1 rings (SSSR count). The van der Waals surface area contributed by atoms with Gasteiger partial charge in [0.15, 0.2) is 8.87 Å². The third kappa shape index (κ3) is 9.70. The SMILES string of the molecule is CS(=O)(=O)SCCOC(=O)c1cc([N+](=O)[O-])ccc1OC(=O)CCCO[N+](=O)[O-]. The second kappa shape index (κ2) is 11.2. The molecule has 0 unspecified atom stereocenters. The number of ether oxygens (including phenoxy) is 2. The quantitative estimate of drug-likeness (QED) is 0.111. The summed E-state index contributed by atoms with van der Waals surface area (Å²) >= 11 is 0. The van der Waals surface area contributed by atoms with E-state index in [1.165, 1.54) is 0 Å². The molecule has 15 heteroatoms. The van der Waals surface area contributed by atoms with Gasteiger partial charge in [-0.25, -0.2) is 13.2 Å². The molecule has 0 heterocycles. The van der Waals surface area contributed by atoms with Crippen molar-refractivity contribution in [3.63, 3.8) is 0 Å². The Balaban J connectivity index is 2.81. The highest BCUT2D eigenvalue weighted by molar-refractivity contribution is 8.71. The predicted molar refractivity (Wildman–Crippen MR) is 98.5 cm³/mol. The number of benzene rings is 1. The van der Waals surface area contributed by atoms with E-state index in [0.717, 1.165) is 24.5 Å². The molecule has 0 saturated heterocycles. The minimum Gasteiger partial charge on any atom is -0.461 e. The molecule has 0 spiro atoms. The lowest BCUT2D eigenvalue weighted by Crippen LogP contribution is -2.15. The standard InChI is InChI=1S/C14H16N2O11S2/c1-29(23,24)28-8-7-25-14(18)11-9-10(15(19)20)4-5-12(11)27-13(17)3-2-6-26-16(21)22/h4-5,9H,2-3,6-8H2,1H3. The summed E-state index contributed by atoms with van der Waals surface area (Å²) in [6.07, 6.45) is 0.675. The molecule has 1 aromatic rings. The molecule has 0 aliphatic rings. The predicted octanol–water partition coefficient (Wildman–Crippen LogP) is 1.34. The van der Waals surface area contributed by atoms with Crippen LogP contribution in [0.5, 0.6) is 5.75 Å².